The third-order valence-corrected chi connectivity index (χ3v) is 3.44. The van der Waals surface area contributed by atoms with Crippen LogP contribution in [-0.4, -0.2) is 32.2 Å². The summed E-state index contributed by atoms with van der Waals surface area (Å²) in [5.41, 5.74) is -0.465. The number of esters is 1. The fraction of sp³-hybridized carbons (Fsp3) is 0.308. The third-order valence-electron chi connectivity index (χ3n) is 2.95. The molecule has 0 radical (unpaired) electrons. The van der Waals surface area contributed by atoms with E-state index in [1.807, 2.05) is 0 Å². The lowest BCUT2D eigenvalue weighted by Gasteiger charge is -2.37. The second kappa shape index (κ2) is 5.34. The average Bonchev–Trinajstić information content (AvgIpc) is 2.43. The minimum absolute atomic E-state index is 0.0509. The van der Waals surface area contributed by atoms with E-state index < -0.39 is 23.5 Å². The third kappa shape index (κ3) is 2.53. The van der Waals surface area contributed by atoms with Gasteiger partial charge in [0.2, 0.25) is 0 Å². The molecule has 0 fully saturated rings. The van der Waals surface area contributed by atoms with Gasteiger partial charge in [0, 0.05) is 17.1 Å². The summed E-state index contributed by atoms with van der Waals surface area (Å²) in [5, 5.41) is 0. The standard InChI is InChI=1S/C13H10BrF3O4/c1-19-11(18)9-6-7-5-8(14)3-4-10(7)21-12(9,20-2)13(15,16)17/h3-6H,1-2H3/t12-/m1/s1. The molecule has 1 aliphatic rings. The van der Waals surface area contributed by atoms with Gasteiger partial charge in [-0.3, -0.25) is 0 Å². The van der Waals surface area contributed by atoms with Crippen LogP contribution in [0.5, 0.6) is 5.75 Å². The molecular weight excluding hydrogens is 357 g/mol. The van der Waals surface area contributed by atoms with E-state index in [1.165, 1.54) is 18.2 Å². The summed E-state index contributed by atoms with van der Waals surface area (Å²) in [7, 11) is 1.80. The Labute approximate surface area is 126 Å². The zero-order valence-electron chi connectivity index (χ0n) is 11.0. The maximum absolute atomic E-state index is 13.4. The number of benzene rings is 1. The molecule has 2 rings (SSSR count). The van der Waals surface area contributed by atoms with Crippen molar-refractivity contribution in [1.29, 1.82) is 0 Å². The number of carbonyl (C=O) groups is 1. The molecule has 0 saturated carbocycles. The minimum Gasteiger partial charge on any atom is -0.465 e. The van der Waals surface area contributed by atoms with E-state index in [1.54, 1.807) is 0 Å². The zero-order chi connectivity index (χ0) is 15.8. The molecule has 1 aromatic carbocycles. The van der Waals surface area contributed by atoms with Crippen molar-refractivity contribution in [1.82, 2.24) is 0 Å². The summed E-state index contributed by atoms with van der Waals surface area (Å²) < 4.78 is 54.8. The molecule has 0 unspecified atom stereocenters. The Hall–Kier alpha value is -1.54. The van der Waals surface area contributed by atoms with Gasteiger partial charge in [0.25, 0.3) is 0 Å². The van der Waals surface area contributed by atoms with Crippen LogP contribution in [0, 0.1) is 0 Å². The second-order valence-electron chi connectivity index (χ2n) is 4.15. The number of alkyl halides is 3. The molecule has 0 amide bonds. The Morgan fingerprint density at radius 1 is 1.33 bits per heavy atom. The molecule has 8 heteroatoms. The maximum Gasteiger partial charge on any atom is 0.460 e. The molecule has 1 aliphatic heterocycles. The smallest absolute Gasteiger partial charge is 0.460 e. The van der Waals surface area contributed by atoms with Crippen molar-refractivity contribution >= 4 is 28.0 Å². The highest BCUT2D eigenvalue weighted by molar-refractivity contribution is 9.10. The van der Waals surface area contributed by atoms with E-state index >= 15 is 0 Å². The van der Waals surface area contributed by atoms with Gasteiger partial charge in [0.1, 0.15) is 11.3 Å². The van der Waals surface area contributed by atoms with Crippen LogP contribution in [0.15, 0.2) is 28.2 Å². The number of rotatable bonds is 2. The quantitative estimate of drug-likeness (QED) is 0.753. The Morgan fingerprint density at radius 3 is 2.52 bits per heavy atom. The van der Waals surface area contributed by atoms with Gasteiger partial charge in [0.05, 0.1) is 7.11 Å². The fourth-order valence-corrected chi connectivity index (χ4v) is 2.35. The van der Waals surface area contributed by atoms with Crippen molar-refractivity contribution in [3.63, 3.8) is 0 Å². The first kappa shape index (κ1) is 15.8. The highest BCUT2D eigenvalue weighted by Crippen LogP contribution is 2.46. The van der Waals surface area contributed by atoms with Crippen molar-refractivity contribution < 1.29 is 32.2 Å². The lowest BCUT2D eigenvalue weighted by molar-refractivity contribution is -0.326. The Balaban J connectivity index is 2.69. The molecule has 0 aliphatic carbocycles. The highest BCUT2D eigenvalue weighted by Gasteiger charge is 2.64. The van der Waals surface area contributed by atoms with Crippen LogP contribution in [0.2, 0.25) is 0 Å². The normalized spacial score (nSPS) is 21.1. The first-order valence-electron chi connectivity index (χ1n) is 5.66. The van der Waals surface area contributed by atoms with Crippen LogP contribution >= 0.6 is 15.9 Å². The molecular formula is C13H10BrF3O4. The summed E-state index contributed by atoms with van der Waals surface area (Å²) in [6, 6.07) is 4.39. The second-order valence-corrected chi connectivity index (χ2v) is 5.07. The molecule has 1 atom stereocenters. The molecule has 1 heterocycles. The molecule has 0 spiro atoms. The summed E-state index contributed by atoms with van der Waals surface area (Å²) in [6.45, 7) is 0. The molecule has 0 aromatic heterocycles. The number of fused-ring (bicyclic) bond motifs is 1. The molecule has 0 N–H and O–H groups in total. The van der Waals surface area contributed by atoms with Crippen molar-refractivity contribution in [3.05, 3.63) is 33.8 Å². The van der Waals surface area contributed by atoms with Crippen molar-refractivity contribution in [3.8, 4) is 5.75 Å². The molecule has 1 aromatic rings. The summed E-state index contributed by atoms with van der Waals surface area (Å²) in [6.07, 6.45) is -3.92. The van der Waals surface area contributed by atoms with Gasteiger partial charge in [-0.25, -0.2) is 4.79 Å². The van der Waals surface area contributed by atoms with Crippen LogP contribution in [-0.2, 0) is 14.3 Å². The highest BCUT2D eigenvalue weighted by atomic mass is 79.9. The van der Waals surface area contributed by atoms with E-state index in [0.717, 1.165) is 20.3 Å². The molecule has 21 heavy (non-hydrogen) atoms. The van der Waals surface area contributed by atoms with E-state index in [9.17, 15) is 18.0 Å². The van der Waals surface area contributed by atoms with Crippen molar-refractivity contribution in [2.45, 2.75) is 12.0 Å². The number of hydrogen-bond donors (Lipinski definition) is 0. The van der Waals surface area contributed by atoms with Gasteiger partial charge in [0.15, 0.2) is 0 Å². The predicted octanol–water partition coefficient (Wildman–Crippen LogP) is 3.30. The predicted molar refractivity (Wildman–Crippen MR) is 70.6 cm³/mol. The monoisotopic (exact) mass is 366 g/mol. The Kier molecular flexibility index (Phi) is 4.03. The Bertz CT molecular complexity index is 612. The van der Waals surface area contributed by atoms with Crippen LogP contribution in [0.1, 0.15) is 5.56 Å². The zero-order valence-corrected chi connectivity index (χ0v) is 12.5. The molecule has 0 bridgehead atoms. The van der Waals surface area contributed by atoms with Crippen molar-refractivity contribution in [2.24, 2.45) is 0 Å². The fourth-order valence-electron chi connectivity index (χ4n) is 1.97. The maximum atomic E-state index is 13.4. The van der Waals surface area contributed by atoms with E-state index in [4.69, 9.17) is 4.74 Å². The summed E-state index contributed by atoms with van der Waals surface area (Å²) in [5.74, 6) is -4.43. The number of hydrogen-bond acceptors (Lipinski definition) is 4. The van der Waals surface area contributed by atoms with E-state index in [2.05, 4.69) is 25.4 Å². The first-order valence-corrected chi connectivity index (χ1v) is 6.45. The van der Waals surface area contributed by atoms with Gasteiger partial charge in [-0.15, -0.1) is 0 Å². The first-order chi connectivity index (χ1) is 9.75. The summed E-state index contributed by atoms with van der Waals surface area (Å²) in [4.78, 5) is 11.7. The molecule has 4 nitrogen and oxygen atoms in total. The van der Waals surface area contributed by atoms with Crippen molar-refractivity contribution in [2.75, 3.05) is 14.2 Å². The molecule has 0 saturated heterocycles. The SMILES string of the molecule is COC(=O)C1=Cc2cc(Br)ccc2O[C@@]1(OC)C(F)(F)F. The van der Waals surface area contributed by atoms with Gasteiger partial charge in [-0.2, -0.15) is 13.2 Å². The average molecular weight is 367 g/mol. The van der Waals surface area contributed by atoms with Gasteiger partial charge in [-0.1, -0.05) is 15.9 Å². The Morgan fingerprint density at radius 2 is 2.00 bits per heavy atom. The largest absolute Gasteiger partial charge is 0.465 e. The van der Waals surface area contributed by atoms with Gasteiger partial charge < -0.3 is 14.2 Å². The minimum atomic E-state index is -4.97. The van der Waals surface area contributed by atoms with Crippen LogP contribution in [0.4, 0.5) is 13.2 Å². The number of methoxy groups -OCH3 is 2. The molecule has 114 valence electrons. The number of ether oxygens (including phenoxy) is 3. The summed E-state index contributed by atoms with van der Waals surface area (Å²) >= 11 is 3.20. The van der Waals surface area contributed by atoms with Gasteiger partial charge >= 0.3 is 17.9 Å². The van der Waals surface area contributed by atoms with Crippen LogP contribution < -0.4 is 4.74 Å². The van der Waals surface area contributed by atoms with E-state index in [-0.39, 0.29) is 5.75 Å². The van der Waals surface area contributed by atoms with Gasteiger partial charge in [-0.05, 0) is 24.3 Å². The number of halogens is 4. The van der Waals surface area contributed by atoms with E-state index in [0.29, 0.717) is 10.0 Å². The van der Waals surface area contributed by atoms with Crippen LogP contribution in [0.25, 0.3) is 6.08 Å². The van der Waals surface area contributed by atoms with Crippen LogP contribution in [0.3, 0.4) is 0 Å². The lowest BCUT2D eigenvalue weighted by Crippen LogP contribution is -2.56. The lowest BCUT2D eigenvalue weighted by atomic mass is 9.98. The number of carbonyl (C=O) groups excluding carboxylic acids is 1. The topological polar surface area (TPSA) is 44.8 Å².